The van der Waals surface area contributed by atoms with E-state index in [2.05, 4.69) is 108 Å². The molecule has 0 radical (unpaired) electrons. The van der Waals surface area contributed by atoms with Crippen LogP contribution in [0.4, 0.5) is 0 Å². The molecule has 50 heavy (non-hydrogen) atoms. The minimum atomic E-state index is -0.379. The van der Waals surface area contributed by atoms with E-state index < -0.39 is 0 Å². The zero-order valence-electron chi connectivity index (χ0n) is 30.7. The predicted molar refractivity (Wildman–Crippen MR) is 205 cm³/mol. The summed E-state index contributed by atoms with van der Waals surface area (Å²) < 4.78 is 13.5. The average Bonchev–Trinajstić information content (AvgIpc) is 3.31. The van der Waals surface area contributed by atoms with Crippen molar-refractivity contribution in [1.29, 1.82) is 0 Å². The van der Waals surface area contributed by atoms with E-state index in [9.17, 15) is 9.59 Å². The molecular weight excluding hydrogens is 687 g/mol. The van der Waals surface area contributed by atoms with Gasteiger partial charge < -0.3 is 19.1 Å². The van der Waals surface area contributed by atoms with Crippen LogP contribution in [0.25, 0.3) is 0 Å². The maximum absolute atomic E-state index is 13.1. The molecule has 0 spiro atoms. The normalized spacial score (nSPS) is 17.4. The van der Waals surface area contributed by atoms with E-state index in [-0.39, 0.29) is 30.1 Å². The quantitative estimate of drug-likeness (QED) is 0.200. The van der Waals surface area contributed by atoms with Crippen molar-refractivity contribution in [2.24, 2.45) is 0 Å². The lowest BCUT2D eigenvalue weighted by Crippen LogP contribution is -2.41. The minimum Gasteiger partial charge on any atom is -0.399 e. The molecule has 4 aromatic carbocycles. The van der Waals surface area contributed by atoms with Crippen LogP contribution in [0.15, 0.2) is 77.3 Å². The fraction of sp³-hybridized carbons (Fsp3) is 0.381. The lowest BCUT2D eigenvalue weighted by Gasteiger charge is -2.32. The molecule has 3 heterocycles. The minimum absolute atomic E-state index is 0.0970. The Hall–Kier alpha value is -3.72. The van der Waals surface area contributed by atoms with Gasteiger partial charge in [0, 0.05) is 41.8 Å². The third kappa shape index (κ3) is 7.49. The summed E-state index contributed by atoms with van der Waals surface area (Å²) in [6.07, 6.45) is 1.80. The predicted octanol–water partition coefficient (Wildman–Crippen LogP) is 8.07. The first-order valence-electron chi connectivity index (χ1n) is 17.6. The number of amides is 2. The summed E-state index contributed by atoms with van der Waals surface area (Å²) in [4.78, 5) is 29.6. The molecule has 0 aliphatic carbocycles. The van der Waals surface area contributed by atoms with Crippen molar-refractivity contribution in [2.45, 2.75) is 92.5 Å². The van der Waals surface area contributed by atoms with Gasteiger partial charge in [0.05, 0.1) is 11.2 Å². The van der Waals surface area contributed by atoms with E-state index in [0.29, 0.717) is 13.1 Å². The van der Waals surface area contributed by atoms with Crippen molar-refractivity contribution >= 4 is 40.3 Å². The maximum Gasteiger partial charge on any atom is 0.494 e. The van der Waals surface area contributed by atoms with Gasteiger partial charge in [-0.15, -0.1) is 0 Å². The van der Waals surface area contributed by atoms with Crippen LogP contribution in [0.2, 0.25) is 0 Å². The Labute approximate surface area is 306 Å². The van der Waals surface area contributed by atoms with Crippen LogP contribution < -0.4 is 5.46 Å². The lowest BCUT2D eigenvalue weighted by molar-refractivity contribution is 0.00578. The molecule has 0 unspecified atom stereocenters. The fourth-order valence-electron chi connectivity index (χ4n) is 6.69. The Morgan fingerprint density at radius 2 is 1.06 bits per heavy atom. The molecule has 1 fully saturated rings. The van der Waals surface area contributed by atoms with Crippen molar-refractivity contribution in [2.75, 3.05) is 13.1 Å². The number of hydrogen-bond donors (Lipinski definition) is 0. The highest BCUT2D eigenvalue weighted by atomic mass is 79.9. The molecule has 7 rings (SSSR count). The summed E-state index contributed by atoms with van der Waals surface area (Å²) in [7, 11) is -0.379. The topological polar surface area (TPSA) is 59.1 Å². The molecule has 6 nitrogen and oxygen atoms in total. The number of nitrogens with zero attached hydrogens (tertiary/aromatic N) is 2. The van der Waals surface area contributed by atoms with Crippen molar-refractivity contribution < 1.29 is 18.9 Å². The number of halogens is 1. The van der Waals surface area contributed by atoms with Crippen LogP contribution in [0, 0.1) is 27.7 Å². The van der Waals surface area contributed by atoms with E-state index in [1.807, 2.05) is 46.2 Å². The van der Waals surface area contributed by atoms with Crippen LogP contribution in [0.5, 0.6) is 0 Å². The van der Waals surface area contributed by atoms with Gasteiger partial charge in [-0.3, -0.25) is 9.59 Å². The Morgan fingerprint density at radius 3 is 1.54 bits per heavy atom. The number of rotatable bonds is 3. The van der Waals surface area contributed by atoms with Crippen molar-refractivity contribution in [3.8, 4) is 0 Å². The van der Waals surface area contributed by atoms with Gasteiger partial charge in [-0.05, 0) is 155 Å². The molecule has 260 valence electrons. The summed E-state index contributed by atoms with van der Waals surface area (Å²) in [5.74, 6) is 0.225. The van der Waals surface area contributed by atoms with Crippen molar-refractivity contribution in [3.63, 3.8) is 0 Å². The Bertz CT molecular complexity index is 1940. The van der Waals surface area contributed by atoms with Gasteiger partial charge in [0.25, 0.3) is 11.8 Å². The van der Waals surface area contributed by atoms with Gasteiger partial charge in [0.1, 0.15) is 0 Å². The monoisotopic (exact) mass is 734 g/mol. The largest absolute Gasteiger partial charge is 0.494 e. The van der Waals surface area contributed by atoms with Gasteiger partial charge in [0.15, 0.2) is 0 Å². The molecule has 2 amide bonds. The molecule has 8 heteroatoms. The molecule has 0 bridgehead atoms. The number of benzene rings is 4. The molecular formula is C42H48BBrN2O4. The molecule has 0 aromatic heterocycles. The number of aryl methyl sites for hydroxylation is 4. The second-order valence-electron chi connectivity index (χ2n) is 15.1. The summed E-state index contributed by atoms with van der Waals surface area (Å²) in [6.45, 7) is 19.3. The molecule has 3 aliphatic rings. The number of hydrogen-bond acceptors (Lipinski definition) is 4. The molecule has 3 aliphatic heterocycles. The average molecular weight is 736 g/mol. The highest BCUT2D eigenvalue weighted by Gasteiger charge is 2.51. The Morgan fingerprint density at radius 1 is 0.600 bits per heavy atom. The van der Waals surface area contributed by atoms with E-state index >= 15 is 0 Å². The summed E-state index contributed by atoms with van der Waals surface area (Å²) >= 11 is 3.51. The summed E-state index contributed by atoms with van der Waals surface area (Å²) in [5.41, 5.74) is 11.7. The van der Waals surface area contributed by atoms with Crippen LogP contribution in [-0.2, 0) is 35.2 Å². The van der Waals surface area contributed by atoms with Gasteiger partial charge in [-0.1, -0.05) is 52.3 Å². The summed E-state index contributed by atoms with van der Waals surface area (Å²) in [5, 5.41) is 0. The highest BCUT2D eigenvalue weighted by molar-refractivity contribution is 9.10. The highest BCUT2D eigenvalue weighted by Crippen LogP contribution is 2.37. The second-order valence-corrected chi connectivity index (χ2v) is 16.0. The summed E-state index contributed by atoms with van der Waals surface area (Å²) in [6, 6.07) is 24.6. The first kappa shape index (κ1) is 36.1. The maximum atomic E-state index is 13.1. The third-order valence-corrected chi connectivity index (χ3v) is 11.5. The van der Waals surface area contributed by atoms with Gasteiger partial charge in [-0.2, -0.15) is 0 Å². The van der Waals surface area contributed by atoms with E-state index in [4.69, 9.17) is 9.31 Å². The molecule has 0 N–H and O–H groups in total. The molecule has 0 saturated carbocycles. The fourth-order valence-corrected chi connectivity index (χ4v) is 7.10. The lowest BCUT2D eigenvalue weighted by atomic mass is 9.77. The van der Waals surface area contributed by atoms with Crippen molar-refractivity contribution in [1.82, 2.24) is 9.80 Å². The zero-order valence-corrected chi connectivity index (χ0v) is 32.2. The smallest absolute Gasteiger partial charge is 0.399 e. The Kier molecular flexibility index (Phi) is 10.2. The standard InChI is InChI=1S/C24H30BNO3.C18H18BrNO/c1-16-7-8-19(13-17(16)2)22(27)26-12-11-18-9-10-21(14-20(18)15-26)25-28-23(3,4)24(5,6)29-25;1-12-3-4-15(9-13(12)2)18(21)20-8-7-14-5-6-17(19)10-16(14)11-20/h7-10,13-14H,11-12,15H2,1-6H3;3-6,9-10H,7-8,11H2,1-2H3. The number of fused-ring (bicyclic) bond motifs is 2. The van der Waals surface area contributed by atoms with Crippen LogP contribution >= 0.6 is 15.9 Å². The molecule has 1 saturated heterocycles. The van der Waals surface area contributed by atoms with Gasteiger partial charge in [0.2, 0.25) is 0 Å². The SMILES string of the molecule is Cc1ccc(C(=O)N2CCc3ccc(B4OC(C)(C)C(C)(C)O4)cc3C2)cc1C.Cc1ccc(C(=O)N2CCc3ccc(Br)cc3C2)cc1C. The van der Waals surface area contributed by atoms with Crippen LogP contribution in [-0.4, -0.2) is 53.0 Å². The number of carbonyl (C=O) groups excluding carboxylic acids is 2. The molecule has 4 aromatic rings. The molecule has 0 atom stereocenters. The van der Waals surface area contributed by atoms with Crippen LogP contribution in [0.3, 0.4) is 0 Å². The van der Waals surface area contributed by atoms with Crippen LogP contribution in [0.1, 0.15) is 92.9 Å². The van der Waals surface area contributed by atoms with Gasteiger partial charge in [-0.25, -0.2) is 0 Å². The third-order valence-electron chi connectivity index (χ3n) is 11.0. The van der Waals surface area contributed by atoms with Crippen molar-refractivity contribution in [3.05, 3.63) is 133 Å². The second kappa shape index (κ2) is 14.1. The zero-order chi connectivity index (χ0) is 36.0. The Balaban J connectivity index is 0.000000182. The van der Waals surface area contributed by atoms with E-state index in [1.54, 1.807) is 0 Å². The van der Waals surface area contributed by atoms with E-state index in [0.717, 1.165) is 52.6 Å². The van der Waals surface area contributed by atoms with Gasteiger partial charge >= 0.3 is 7.12 Å². The number of carbonyl (C=O) groups is 2. The van der Waals surface area contributed by atoms with E-state index in [1.165, 1.54) is 38.9 Å². The first-order valence-corrected chi connectivity index (χ1v) is 18.4. The first-order chi connectivity index (χ1) is 23.6.